The van der Waals surface area contributed by atoms with Crippen LogP contribution in [0.2, 0.25) is 0 Å². The van der Waals surface area contributed by atoms with E-state index in [1.165, 1.54) is 6.20 Å². The molecule has 1 aromatic carbocycles. The molecule has 0 bridgehead atoms. The highest BCUT2D eigenvalue weighted by molar-refractivity contribution is 5.95. The Morgan fingerprint density at radius 1 is 1.33 bits per heavy atom. The molecule has 0 aliphatic rings. The van der Waals surface area contributed by atoms with Gasteiger partial charge in [0.25, 0.3) is 0 Å². The summed E-state index contributed by atoms with van der Waals surface area (Å²) in [7, 11) is 0. The summed E-state index contributed by atoms with van der Waals surface area (Å²) in [6, 6.07) is 11.0. The average Bonchev–Trinajstić information content (AvgIpc) is 2.54. The highest BCUT2D eigenvalue weighted by Crippen LogP contribution is 2.18. The molecule has 0 saturated carbocycles. The minimum absolute atomic E-state index is 0.292. The number of esters is 1. The average molecular weight is 286 g/mol. The van der Waals surface area contributed by atoms with Crippen molar-refractivity contribution in [2.24, 2.45) is 0 Å². The predicted molar refractivity (Wildman–Crippen MR) is 80.1 cm³/mol. The number of ether oxygens (including phenoxy) is 1. The van der Waals surface area contributed by atoms with Crippen LogP contribution in [0, 0.1) is 0 Å². The van der Waals surface area contributed by atoms with Crippen molar-refractivity contribution in [3.63, 3.8) is 0 Å². The molecule has 0 saturated heterocycles. The topological polar surface area (TPSA) is 71.5 Å². The molecule has 2 N–H and O–H groups in total. The van der Waals surface area contributed by atoms with Gasteiger partial charge in [0.2, 0.25) is 0 Å². The smallest absolute Gasteiger partial charge is 0.341 e. The van der Waals surface area contributed by atoms with Crippen LogP contribution in [0.4, 0.5) is 5.69 Å². The summed E-state index contributed by atoms with van der Waals surface area (Å²) < 4.78 is 4.98. The van der Waals surface area contributed by atoms with Gasteiger partial charge >= 0.3 is 5.97 Å². The molecule has 0 aliphatic heterocycles. The number of aliphatic hydroxyl groups excluding tert-OH is 1. The minimum atomic E-state index is -0.658. The first-order chi connectivity index (χ1) is 10.2. The number of aromatic nitrogens is 1. The summed E-state index contributed by atoms with van der Waals surface area (Å²) >= 11 is 0. The van der Waals surface area contributed by atoms with E-state index in [2.05, 4.69) is 10.3 Å². The lowest BCUT2D eigenvalue weighted by Gasteiger charge is -2.15. The van der Waals surface area contributed by atoms with Crippen molar-refractivity contribution >= 4 is 11.7 Å². The molecule has 5 heteroatoms. The summed E-state index contributed by atoms with van der Waals surface area (Å²) in [4.78, 5) is 15.7. The second kappa shape index (κ2) is 7.40. The Hall–Kier alpha value is -2.40. The van der Waals surface area contributed by atoms with Gasteiger partial charge in [0.15, 0.2) is 0 Å². The number of benzene rings is 1. The van der Waals surface area contributed by atoms with Crippen LogP contribution in [0.5, 0.6) is 0 Å². The van der Waals surface area contributed by atoms with E-state index in [1.54, 1.807) is 19.2 Å². The molecule has 21 heavy (non-hydrogen) atoms. The number of hydrogen-bond acceptors (Lipinski definition) is 5. The highest BCUT2D eigenvalue weighted by atomic mass is 16.5. The fraction of sp³-hybridized carbons (Fsp3) is 0.250. The van der Waals surface area contributed by atoms with E-state index in [-0.39, 0.29) is 0 Å². The molecule has 1 aromatic heterocycles. The number of nitrogens with zero attached hydrogens (tertiary/aromatic N) is 1. The van der Waals surface area contributed by atoms with Gasteiger partial charge in [0.1, 0.15) is 5.56 Å². The zero-order valence-corrected chi connectivity index (χ0v) is 11.8. The van der Waals surface area contributed by atoms with Crippen molar-refractivity contribution in [2.75, 3.05) is 18.5 Å². The molecule has 2 aromatic rings. The van der Waals surface area contributed by atoms with E-state index in [4.69, 9.17) is 4.74 Å². The molecule has 0 radical (unpaired) electrons. The number of rotatable bonds is 6. The molecule has 0 amide bonds. The van der Waals surface area contributed by atoms with Gasteiger partial charge in [-0.2, -0.15) is 0 Å². The number of pyridine rings is 1. The lowest BCUT2D eigenvalue weighted by atomic mass is 10.1. The first kappa shape index (κ1) is 15.0. The maximum absolute atomic E-state index is 11.8. The third kappa shape index (κ3) is 4.03. The van der Waals surface area contributed by atoms with Gasteiger partial charge in [0.05, 0.1) is 18.4 Å². The van der Waals surface area contributed by atoms with E-state index in [0.717, 1.165) is 5.56 Å². The van der Waals surface area contributed by atoms with Crippen LogP contribution in [0.1, 0.15) is 28.9 Å². The molecule has 0 spiro atoms. The van der Waals surface area contributed by atoms with Gasteiger partial charge in [-0.3, -0.25) is 4.98 Å². The first-order valence-electron chi connectivity index (χ1n) is 6.80. The monoisotopic (exact) mass is 286 g/mol. The van der Waals surface area contributed by atoms with Crippen molar-refractivity contribution in [3.05, 3.63) is 59.9 Å². The summed E-state index contributed by atoms with van der Waals surface area (Å²) in [5.74, 6) is -0.428. The zero-order chi connectivity index (χ0) is 15.1. The normalized spacial score (nSPS) is 11.7. The van der Waals surface area contributed by atoms with E-state index in [9.17, 15) is 9.90 Å². The second-order valence-electron chi connectivity index (χ2n) is 4.45. The van der Waals surface area contributed by atoms with Gasteiger partial charge in [-0.1, -0.05) is 30.3 Å². The Kier molecular flexibility index (Phi) is 5.29. The van der Waals surface area contributed by atoms with Crippen molar-refractivity contribution in [3.8, 4) is 0 Å². The van der Waals surface area contributed by atoms with E-state index < -0.39 is 12.1 Å². The molecule has 0 unspecified atom stereocenters. The molecular weight excluding hydrogens is 268 g/mol. The summed E-state index contributed by atoms with van der Waals surface area (Å²) in [6.45, 7) is 2.35. The third-order valence-electron chi connectivity index (χ3n) is 2.99. The Balaban J connectivity index is 2.05. The summed E-state index contributed by atoms with van der Waals surface area (Å²) in [6.07, 6.45) is 2.38. The van der Waals surface area contributed by atoms with Crippen LogP contribution in [0.25, 0.3) is 0 Å². The predicted octanol–water partition coefficient (Wildman–Crippen LogP) is 2.40. The maximum atomic E-state index is 11.8. The maximum Gasteiger partial charge on any atom is 0.341 e. The van der Waals surface area contributed by atoms with Crippen LogP contribution in [0.3, 0.4) is 0 Å². The Morgan fingerprint density at radius 2 is 2.10 bits per heavy atom. The molecule has 110 valence electrons. The summed E-state index contributed by atoms with van der Waals surface area (Å²) in [5.41, 5.74) is 1.77. The quantitative estimate of drug-likeness (QED) is 0.798. The SMILES string of the molecule is CCOC(=O)c1cnccc1NC[C@@H](O)c1ccccc1. The number of nitrogens with one attached hydrogen (secondary N) is 1. The summed E-state index contributed by atoms with van der Waals surface area (Å²) in [5, 5.41) is 13.2. The van der Waals surface area contributed by atoms with Crippen LogP contribution in [-0.2, 0) is 4.74 Å². The van der Waals surface area contributed by atoms with Crippen molar-refractivity contribution in [1.82, 2.24) is 4.98 Å². The molecule has 0 aliphatic carbocycles. The van der Waals surface area contributed by atoms with E-state index >= 15 is 0 Å². The van der Waals surface area contributed by atoms with Gasteiger partial charge in [-0.15, -0.1) is 0 Å². The molecule has 0 fully saturated rings. The van der Waals surface area contributed by atoms with Gasteiger partial charge in [0, 0.05) is 18.9 Å². The van der Waals surface area contributed by atoms with Crippen LogP contribution in [-0.4, -0.2) is 29.2 Å². The molecular formula is C16H18N2O3. The standard InChI is InChI=1S/C16H18N2O3/c1-2-21-16(20)13-10-17-9-8-14(13)18-11-15(19)12-6-4-3-5-7-12/h3-10,15,19H,2,11H2,1H3,(H,17,18)/t15-/m1/s1. The Labute approximate surface area is 123 Å². The Morgan fingerprint density at radius 3 is 2.81 bits per heavy atom. The zero-order valence-electron chi connectivity index (χ0n) is 11.8. The van der Waals surface area contributed by atoms with Crippen LogP contribution >= 0.6 is 0 Å². The van der Waals surface area contributed by atoms with E-state index in [0.29, 0.717) is 24.4 Å². The second-order valence-corrected chi connectivity index (χ2v) is 4.45. The van der Waals surface area contributed by atoms with Crippen molar-refractivity contribution < 1.29 is 14.6 Å². The number of aliphatic hydroxyl groups is 1. The lowest BCUT2D eigenvalue weighted by molar-refractivity contribution is 0.0527. The van der Waals surface area contributed by atoms with Crippen molar-refractivity contribution in [1.29, 1.82) is 0 Å². The number of carbonyl (C=O) groups is 1. The molecule has 1 heterocycles. The van der Waals surface area contributed by atoms with E-state index in [1.807, 2.05) is 30.3 Å². The minimum Gasteiger partial charge on any atom is -0.462 e. The number of anilines is 1. The molecule has 2 rings (SSSR count). The largest absolute Gasteiger partial charge is 0.462 e. The fourth-order valence-electron chi connectivity index (χ4n) is 1.92. The van der Waals surface area contributed by atoms with Gasteiger partial charge < -0.3 is 15.2 Å². The molecule has 5 nitrogen and oxygen atoms in total. The van der Waals surface area contributed by atoms with Crippen LogP contribution < -0.4 is 5.32 Å². The van der Waals surface area contributed by atoms with Crippen molar-refractivity contribution in [2.45, 2.75) is 13.0 Å². The lowest BCUT2D eigenvalue weighted by Crippen LogP contribution is -2.15. The fourth-order valence-corrected chi connectivity index (χ4v) is 1.92. The van der Waals surface area contributed by atoms with Crippen LogP contribution in [0.15, 0.2) is 48.8 Å². The van der Waals surface area contributed by atoms with Gasteiger partial charge in [-0.25, -0.2) is 4.79 Å². The first-order valence-corrected chi connectivity index (χ1v) is 6.80. The molecule has 1 atom stereocenters. The highest BCUT2D eigenvalue weighted by Gasteiger charge is 2.14. The number of carbonyl (C=O) groups excluding carboxylic acids is 1. The Bertz CT molecular complexity index is 587. The van der Waals surface area contributed by atoms with Gasteiger partial charge in [-0.05, 0) is 18.6 Å². The third-order valence-corrected chi connectivity index (χ3v) is 2.99. The number of hydrogen-bond donors (Lipinski definition) is 2.